The maximum absolute atomic E-state index is 13.8. The van der Waals surface area contributed by atoms with Gasteiger partial charge in [-0.25, -0.2) is 4.79 Å². The van der Waals surface area contributed by atoms with Gasteiger partial charge in [-0.1, -0.05) is 88.5 Å². The molecule has 0 radical (unpaired) electrons. The number of hydrogen-bond acceptors (Lipinski definition) is 18. The fourth-order valence-electron chi connectivity index (χ4n) is 13.5. The van der Waals surface area contributed by atoms with Crippen LogP contribution in [0, 0.1) is 0 Å². The van der Waals surface area contributed by atoms with Gasteiger partial charge in [0.2, 0.25) is 11.8 Å². The number of anilines is 1. The standard InChI is InChI=1S/C65H80N4O22S5/c1-64(2)50-21-10-7-12-24-56-65(3,63-49-39-43(94(82,83)84)41-55(96(88,89)90)46(49)30-31-52(63)68(56)36-19-37-92(76,77)78)34-17-8-14-25-57(71)66-35-18-16-22-51(53(70)23-11-4-5-15-27-61(75)91-69-59(73)32-33-60(69)74)67-58(72)26-13-6-9-20-44(50)47-29-28-45-48(62(47)64)38-42(93(79,80)81)40-54(45)95(85,86)87/h7,10,12,21,24,28-31,38-41,51H,4-6,8-9,11,13-20,22-23,25-27,32-37H2,1-3H3,(H,66,71)(H,67,72)(H,76,77,78)(H,79,80,81)(H,82,83,84)(H,85,86,87)(H,88,89,90)/b12-7+,21-10?,56-24-. The fourth-order valence-corrected chi connectivity index (χ4v) is 16.7. The first-order valence-electron chi connectivity index (χ1n) is 31.7. The van der Waals surface area contributed by atoms with E-state index < -0.39 is 111 Å². The highest BCUT2D eigenvalue weighted by molar-refractivity contribution is 7.87. The SMILES string of the molecule is CC1(C)C2=C(CCCCCC(=O)NC(C(=O)CCCCCCC(=O)ON3C(=O)CCC3=O)CCCCNC(=O)CCCCCC3(C)/C(=C/C=C/C=C2)N(CCCS(=O)(=O)O)c2ccc4c(S(=O)(=O)O)cc(S(=O)(=O)O)cc4c23)c2ccc3c(S(=O)(=O)O)cc(S(=O)(=O)O)cc3c21. The number of hydroxylamine groups is 2. The van der Waals surface area contributed by atoms with Crippen LogP contribution in [0.25, 0.3) is 27.1 Å². The summed E-state index contributed by atoms with van der Waals surface area (Å²) in [6.07, 6.45) is 14.8. The molecular weight excluding hydrogens is 1350 g/mol. The van der Waals surface area contributed by atoms with E-state index in [0.29, 0.717) is 134 Å². The number of fused-ring (bicyclic) bond motifs is 9. The molecule has 0 bridgehead atoms. The fraction of sp³-hybridized carbons (Fsp3) is 0.477. The van der Waals surface area contributed by atoms with Crippen LogP contribution in [-0.4, -0.2) is 130 Å². The van der Waals surface area contributed by atoms with E-state index in [0.717, 1.165) is 17.7 Å². The molecule has 2 atom stereocenters. The van der Waals surface area contributed by atoms with Crippen LogP contribution >= 0.6 is 0 Å². The summed E-state index contributed by atoms with van der Waals surface area (Å²) >= 11 is 0. The van der Waals surface area contributed by atoms with Crippen LogP contribution in [0.1, 0.15) is 179 Å². The largest absolute Gasteiger partial charge is 0.356 e. The number of hydrogen-bond donors (Lipinski definition) is 7. The number of rotatable bonds is 17. The van der Waals surface area contributed by atoms with E-state index in [4.69, 9.17) is 4.84 Å². The van der Waals surface area contributed by atoms with Gasteiger partial charge in [0.15, 0.2) is 5.78 Å². The molecule has 2 unspecified atom stereocenters. The topological polar surface area (TPSA) is 414 Å². The number of amides is 4. The lowest BCUT2D eigenvalue weighted by atomic mass is 9.75. The monoisotopic (exact) mass is 1430 g/mol. The third-order valence-electron chi connectivity index (χ3n) is 18.1. The van der Waals surface area contributed by atoms with Crippen molar-refractivity contribution in [3.05, 3.63) is 107 Å². The molecule has 522 valence electrons. The average Bonchev–Trinajstić information content (AvgIpc) is 1.53. The van der Waals surface area contributed by atoms with Crippen molar-refractivity contribution in [1.82, 2.24) is 15.7 Å². The van der Waals surface area contributed by atoms with E-state index in [1.54, 1.807) is 41.3 Å². The predicted molar refractivity (Wildman–Crippen MR) is 354 cm³/mol. The van der Waals surface area contributed by atoms with Crippen LogP contribution in [0.2, 0.25) is 0 Å². The Hall–Kier alpha value is -7.07. The van der Waals surface area contributed by atoms with E-state index in [-0.39, 0.29) is 110 Å². The summed E-state index contributed by atoms with van der Waals surface area (Å²) in [6.45, 7) is 5.66. The van der Waals surface area contributed by atoms with Crippen molar-refractivity contribution in [2.75, 3.05) is 23.7 Å². The summed E-state index contributed by atoms with van der Waals surface area (Å²) in [4.78, 5) is 80.3. The zero-order valence-corrected chi connectivity index (χ0v) is 57.5. The third kappa shape index (κ3) is 18.0. The van der Waals surface area contributed by atoms with Crippen molar-refractivity contribution in [2.24, 2.45) is 0 Å². The van der Waals surface area contributed by atoms with Gasteiger partial charge in [0, 0.05) is 84.6 Å². The number of allylic oxidation sites excluding steroid dienone is 8. The van der Waals surface area contributed by atoms with E-state index in [1.807, 2.05) is 20.8 Å². The second-order valence-corrected chi connectivity index (χ2v) is 32.5. The number of unbranched alkanes of at least 4 members (excludes halogenated alkanes) is 3. The van der Waals surface area contributed by atoms with Crippen molar-refractivity contribution in [2.45, 2.75) is 198 Å². The first kappa shape index (κ1) is 74.7. The highest BCUT2D eigenvalue weighted by atomic mass is 32.2. The van der Waals surface area contributed by atoms with Crippen molar-refractivity contribution in [3.63, 3.8) is 0 Å². The number of benzene rings is 4. The van der Waals surface area contributed by atoms with Crippen LogP contribution in [-0.2, 0) is 95.0 Å². The van der Waals surface area contributed by atoms with Crippen LogP contribution in [0.3, 0.4) is 0 Å². The number of carbonyl (C=O) groups excluding carboxylic acids is 6. The number of carbonyl (C=O) groups is 6. The number of imide groups is 1. The summed E-state index contributed by atoms with van der Waals surface area (Å²) in [5, 5.41) is 6.32. The molecule has 31 heteroatoms. The van der Waals surface area contributed by atoms with Crippen molar-refractivity contribution < 1.29 is 98.5 Å². The second-order valence-electron chi connectivity index (χ2n) is 25.3. The molecule has 0 aromatic heterocycles. The molecule has 1 fully saturated rings. The summed E-state index contributed by atoms with van der Waals surface area (Å²) in [6, 6.07) is 8.66. The lowest BCUT2D eigenvalue weighted by Crippen LogP contribution is -2.40. The third-order valence-corrected chi connectivity index (χ3v) is 22.3. The molecule has 3 aliphatic heterocycles. The molecule has 26 nitrogen and oxygen atoms in total. The molecule has 0 spiro atoms. The van der Waals surface area contributed by atoms with Crippen molar-refractivity contribution in [3.8, 4) is 0 Å². The van der Waals surface area contributed by atoms with Crippen LogP contribution in [0.15, 0.2) is 110 Å². The molecule has 0 saturated carbocycles. The Balaban J connectivity index is 1.14. The predicted octanol–water partition coefficient (Wildman–Crippen LogP) is 9.28. The first-order valence-corrected chi connectivity index (χ1v) is 39.1. The number of Topliss-reactive ketones (excluding diaryl/α,β-unsaturated/α-hetero) is 1. The van der Waals surface area contributed by atoms with Gasteiger partial charge in [-0.15, -0.1) is 5.06 Å². The molecule has 7 N–H and O–H groups in total. The van der Waals surface area contributed by atoms with Crippen LogP contribution < -0.4 is 15.5 Å². The first-order chi connectivity index (χ1) is 44.9. The lowest BCUT2D eigenvalue weighted by molar-refractivity contribution is -0.197. The highest BCUT2D eigenvalue weighted by Gasteiger charge is 2.45. The van der Waals surface area contributed by atoms with E-state index >= 15 is 0 Å². The summed E-state index contributed by atoms with van der Waals surface area (Å²) in [5.74, 6) is -3.38. The molecule has 96 heavy (non-hydrogen) atoms. The molecule has 1 aliphatic carbocycles. The van der Waals surface area contributed by atoms with Crippen LogP contribution in [0.5, 0.6) is 0 Å². The number of nitrogens with one attached hydrogen (secondary N) is 2. The maximum Gasteiger partial charge on any atom is 0.333 e. The molecule has 4 amide bonds. The Morgan fingerprint density at radius 2 is 1.16 bits per heavy atom. The smallest absolute Gasteiger partial charge is 0.333 e. The van der Waals surface area contributed by atoms with E-state index in [2.05, 4.69) is 10.6 Å². The number of ketones is 1. The van der Waals surface area contributed by atoms with E-state index in [1.165, 1.54) is 18.2 Å². The minimum absolute atomic E-state index is 0.0134. The number of nitrogens with zero attached hydrogens (tertiary/aromatic N) is 2. The molecule has 4 aromatic rings. The zero-order chi connectivity index (χ0) is 70.3. The molecule has 8 rings (SSSR count). The van der Waals surface area contributed by atoms with Crippen LogP contribution in [0.4, 0.5) is 5.69 Å². The van der Waals surface area contributed by atoms with E-state index in [9.17, 15) is 93.6 Å². The molecule has 4 aliphatic rings. The average molecular weight is 1430 g/mol. The lowest BCUT2D eigenvalue weighted by Gasteiger charge is -2.31. The Morgan fingerprint density at radius 3 is 1.76 bits per heavy atom. The minimum atomic E-state index is -5.16. The molecule has 1 saturated heterocycles. The Bertz CT molecular complexity index is 4480. The Labute approximate surface area is 558 Å². The van der Waals surface area contributed by atoms with Crippen molar-refractivity contribution >= 4 is 119 Å². The van der Waals surface area contributed by atoms with Gasteiger partial charge in [-0.05, 0) is 153 Å². The molecular formula is C65H80N4O22S5. The summed E-state index contributed by atoms with van der Waals surface area (Å²) in [7, 11) is -24.9. The Kier molecular flexibility index (Phi) is 23.6. The van der Waals surface area contributed by atoms with Gasteiger partial charge < -0.3 is 20.4 Å². The van der Waals surface area contributed by atoms with Gasteiger partial charge in [0.1, 0.15) is 9.79 Å². The zero-order valence-electron chi connectivity index (χ0n) is 53.4. The minimum Gasteiger partial charge on any atom is -0.356 e. The van der Waals surface area contributed by atoms with Gasteiger partial charge in [-0.3, -0.25) is 46.7 Å². The van der Waals surface area contributed by atoms with Gasteiger partial charge >= 0.3 is 5.97 Å². The van der Waals surface area contributed by atoms with Gasteiger partial charge in [0.05, 0.1) is 21.6 Å². The second kappa shape index (κ2) is 30.4. The normalized spacial score (nSPS) is 21.1. The maximum atomic E-state index is 13.8. The highest BCUT2D eigenvalue weighted by Crippen LogP contribution is 2.55. The van der Waals surface area contributed by atoms with Crippen molar-refractivity contribution in [1.29, 1.82) is 0 Å². The molecule has 3 heterocycles. The molecule has 4 aromatic carbocycles. The van der Waals surface area contributed by atoms with Gasteiger partial charge in [-0.2, -0.15) is 42.1 Å². The summed E-state index contributed by atoms with van der Waals surface area (Å²) < 4.78 is 179. The quantitative estimate of drug-likeness (QED) is 0.0294. The van der Waals surface area contributed by atoms with Gasteiger partial charge in [0.25, 0.3) is 62.4 Å². The summed E-state index contributed by atoms with van der Waals surface area (Å²) in [5.41, 5.74) is 1.45. The Morgan fingerprint density at radius 1 is 0.583 bits per heavy atom.